The van der Waals surface area contributed by atoms with Gasteiger partial charge in [-0.05, 0) is 29.8 Å². The summed E-state index contributed by atoms with van der Waals surface area (Å²) in [4.78, 5) is 0. The van der Waals surface area contributed by atoms with Gasteiger partial charge in [-0.1, -0.05) is 63.6 Å². The summed E-state index contributed by atoms with van der Waals surface area (Å²) in [5.74, 6) is 7.50. The number of hydrogen-bond acceptors (Lipinski definition) is 4. The molecule has 0 unspecified atom stereocenters. The first kappa shape index (κ1) is 15.4. The number of rotatable bonds is 4. The van der Waals surface area contributed by atoms with Gasteiger partial charge in [0, 0.05) is 20.8 Å². The molecule has 4 nitrogen and oxygen atoms in total. The number of thioether (sulfide) groups is 1. The van der Waals surface area contributed by atoms with Crippen molar-refractivity contribution in [3.63, 3.8) is 0 Å². The van der Waals surface area contributed by atoms with Gasteiger partial charge in [0.05, 0.1) is 0 Å². The van der Waals surface area contributed by atoms with Crippen LogP contribution in [0.2, 0.25) is 5.02 Å². The molecule has 7 heteroatoms. The molecule has 22 heavy (non-hydrogen) atoms. The highest BCUT2D eigenvalue weighted by atomic mass is 79.9. The first-order valence-electron chi connectivity index (χ1n) is 6.47. The van der Waals surface area contributed by atoms with Crippen molar-refractivity contribution in [3.05, 3.63) is 63.6 Å². The van der Waals surface area contributed by atoms with Crippen LogP contribution in [0.3, 0.4) is 0 Å². The first-order chi connectivity index (χ1) is 10.6. The van der Waals surface area contributed by atoms with Gasteiger partial charge in [0.2, 0.25) is 5.16 Å². The zero-order valence-electron chi connectivity index (χ0n) is 11.4. The lowest BCUT2D eigenvalue weighted by Gasteiger charge is -2.04. The van der Waals surface area contributed by atoms with E-state index in [-0.39, 0.29) is 0 Å². The SMILES string of the molecule is Nn1c(SCc2ccc(Cl)cc2)nnc1-c1cccc(Br)c1. The summed E-state index contributed by atoms with van der Waals surface area (Å²) < 4.78 is 2.49. The fourth-order valence-corrected chi connectivity index (χ4v) is 3.27. The highest BCUT2D eigenvalue weighted by Gasteiger charge is 2.12. The lowest BCUT2D eigenvalue weighted by Crippen LogP contribution is -2.11. The quantitative estimate of drug-likeness (QED) is 0.526. The molecule has 0 bridgehead atoms. The second-order valence-corrected chi connectivity index (χ2v) is 6.90. The summed E-state index contributed by atoms with van der Waals surface area (Å²) >= 11 is 10.9. The lowest BCUT2D eigenvalue weighted by molar-refractivity contribution is 0.849. The van der Waals surface area contributed by atoms with Crippen LogP contribution in [0.4, 0.5) is 0 Å². The molecule has 0 aliphatic heterocycles. The fraction of sp³-hybridized carbons (Fsp3) is 0.0667. The fourth-order valence-electron chi connectivity index (χ4n) is 1.93. The summed E-state index contributed by atoms with van der Waals surface area (Å²) in [6, 6.07) is 15.5. The minimum Gasteiger partial charge on any atom is -0.335 e. The Labute approximate surface area is 145 Å². The second-order valence-electron chi connectivity index (χ2n) is 4.60. The average Bonchev–Trinajstić information content (AvgIpc) is 2.88. The molecule has 1 heterocycles. The van der Waals surface area contributed by atoms with Gasteiger partial charge < -0.3 is 5.84 Å². The van der Waals surface area contributed by atoms with Crippen molar-refractivity contribution in [1.29, 1.82) is 0 Å². The molecule has 1 aromatic heterocycles. The number of nitrogens with zero attached hydrogens (tertiary/aromatic N) is 3. The molecular weight excluding hydrogens is 384 g/mol. The van der Waals surface area contributed by atoms with Crippen LogP contribution in [-0.4, -0.2) is 14.9 Å². The Morgan fingerprint density at radius 2 is 1.91 bits per heavy atom. The van der Waals surface area contributed by atoms with Gasteiger partial charge in [-0.3, -0.25) is 0 Å². The summed E-state index contributed by atoms with van der Waals surface area (Å²) in [5.41, 5.74) is 2.07. The van der Waals surface area contributed by atoms with E-state index in [0.717, 1.165) is 26.4 Å². The molecule has 0 spiro atoms. The molecule has 0 aliphatic carbocycles. The smallest absolute Gasteiger partial charge is 0.210 e. The largest absolute Gasteiger partial charge is 0.335 e. The normalized spacial score (nSPS) is 10.8. The third-order valence-corrected chi connectivity index (χ3v) is 4.79. The molecule has 0 saturated heterocycles. The minimum atomic E-state index is 0.639. The molecule has 2 aromatic carbocycles. The van der Waals surface area contributed by atoms with Crippen LogP contribution >= 0.6 is 39.3 Å². The lowest BCUT2D eigenvalue weighted by atomic mass is 10.2. The van der Waals surface area contributed by atoms with Crippen molar-refractivity contribution in [2.24, 2.45) is 0 Å². The number of hydrogen-bond donors (Lipinski definition) is 1. The molecule has 0 radical (unpaired) electrons. The number of nitrogen functional groups attached to an aromatic ring is 1. The molecule has 3 rings (SSSR count). The number of benzene rings is 2. The Kier molecular flexibility index (Phi) is 4.71. The second kappa shape index (κ2) is 6.73. The topological polar surface area (TPSA) is 56.7 Å². The van der Waals surface area contributed by atoms with Gasteiger partial charge in [0.25, 0.3) is 0 Å². The van der Waals surface area contributed by atoms with Gasteiger partial charge >= 0.3 is 0 Å². The summed E-state index contributed by atoms with van der Waals surface area (Å²) in [6.07, 6.45) is 0. The Bertz CT molecular complexity index is 788. The Morgan fingerprint density at radius 1 is 1.14 bits per heavy atom. The number of nitrogens with two attached hydrogens (primary N) is 1. The Balaban J connectivity index is 1.77. The van der Waals surface area contributed by atoms with E-state index in [4.69, 9.17) is 17.4 Å². The zero-order chi connectivity index (χ0) is 15.5. The standard InChI is InChI=1S/C15H12BrClN4S/c16-12-3-1-2-11(8-12)14-19-20-15(21(14)18)22-9-10-4-6-13(17)7-5-10/h1-8H,9,18H2. The van der Waals surface area contributed by atoms with E-state index < -0.39 is 0 Å². The van der Waals surface area contributed by atoms with E-state index in [0.29, 0.717) is 11.0 Å². The molecule has 112 valence electrons. The van der Waals surface area contributed by atoms with E-state index >= 15 is 0 Å². The zero-order valence-corrected chi connectivity index (χ0v) is 14.6. The highest BCUT2D eigenvalue weighted by Crippen LogP contribution is 2.26. The maximum Gasteiger partial charge on any atom is 0.210 e. The van der Waals surface area contributed by atoms with Gasteiger partial charge in [0.15, 0.2) is 5.82 Å². The molecule has 0 aliphatic rings. The van der Waals surface area contributed by atoms with Crippen molar-refractivity contribution >= 4 is 39.3 Å². The van der Waals surface area contributed by atoms with Crippen LogP contribution < -0.4 is 5.84 Å². The van der Waals surface area contributed by atoms with E-state index in [1.807, 2.05) is 48.5 Å². The Morgan fingerprint density at radius 3 is 2.64 bits per heavy atom. The van der Waals surface area contributed by atoms with Gasteiger partial charge in [0.1, 0.15) is 0 Å². The predicted octanol–water partition coefficient (Wildman–Crippen LogP) is 4.37. The number of halogens is 2. The van der Waals surface area contributed by atoms with Crippen LogP contribution in [0.5, 0.6) is 0 Å². The van der Waals surface area contributed by atoms with Crippen molar-refractivity contribution in [2.75, 3.05) is 5.84 Å². The molecule has 3 aromatic rings. The van der Waals surface area contributed by atoms with Crippen molar-refractivity contribution in [1.82, 2.24) is 14.9 Å². The highest BCUT2D eigenvalue weighted by molar-refractivity contribution is 9.10. The van der Waals surface area contributed by atoms with Crippen LogP contribution in [-0.2, 0) is 5.75 Å². The maximum atomic E-state index is 6.11. The van der Waals surface area contributed by atoms with E-state index in [1.165, 1.54) is 16.4 Å². The summed E-state index contributed by atoms with van der Waals surface area (Å²) in [7, 11) is 0. The van der Waals surface area contributed by atoms with Crippen molar-refractivity contribution in [2.45, 2.75) is 10.9 Å². The van der Waals surface area contributed by atoms with Gasteiger partial charge in [-0.25, -0.2) is 4.68 Å². The first-order valence-corrected chi connectivity index (χ1v) is 8.63. The van der Waals surface area contributed by atoms with E-state index in [1.54, 1.807) is 0 Å². The molecule has 0 saturated carbocycles. The molecule has 0 amide bonds. The molecule has 0 fully saturated rings. The molecular formula is C15H12BrClN4S. The molecule has 2 N–H and O–H groups in total. The van der Waals surface area contributed by atoms with Crippen molar-refractivity contribution in [3.8, 4) is 11.4 Å². The number of aromatic nitrogens is 3. The monoisotopic (exact) mass is 394 g/mol. The summed E-state index contributed by atoms with van der Waals surface area (Å²) in [5, 5.41) is 9.74. The summed E-state index contributed by atoms with van der Waals surface area (Å²) in [6.45, 7) is 0. The third-order valence-electron chi connectivity index (χ3n) is 3.03. The van der Waals surface area contributed by atoms with Crippen molar-refractivity contribution < 1.29 is 0 Å². The average molecular weight is 396 g/mol. The van der Waals surface area contributed by atoms with Crippen LogP contribution in [0.15, 0.2) is 58.2 Å². The minimum absolute atomic E-state index is 0.639. The van der Waals surface area contributed by atoms with Crippen LogP contribution in [0.1, 0.15) is 5.56 Å². The van der Waals surface area contributed by atoms with Gasteiger partial charge in [-0.2, -0.15) is 0 Å². The van der Waals surface area contributed by atoms with Gasteiger partial charge in [-0.15, -0.1) is 10.2 Å². The Hall–Kier alpha value is -1.50. The predicted molar refractivity (Wildman–Crippen MR) is 94.3 cm³/mol. The van der Waals surface area contributed by atoms with Crippen LogP contribution in [0, 0.1) is 0 Å². The van der Waals surface area contributed by atoms with E-state index in [9.17, 15) is 0 Å². The third kappa shape index (κ3) is 3.45. The van der Waals surface area contributed by atoms with Crippen LogP contribution in [0.25, 0.3) is 11.4 Å². The maximum absolute atomic E-state index is 6.11. The molecule has 0 atom stereocenters. The van der Waals surface area contributed by atoms with E-state index in [2.05, 4.69) is 26.1 Å².